The fourth-order valence-corrected chi connectivity index (χ4v) is 2.56. The predicted octanol–water partition coefficient (Wildman–Crippen LogP) is 3.57. The minimum atomic E-state index is -0.562. The molecule has 1 atom stereocenters. The van der Waals surface area contributed by atoms with Gasteiger partial charge in [-0.2, -0.15) is 0 Å². The molecule has 1 saturated heterocycles. The van der Waals surface area contributed by atoms with Crippen LogP contribution in [-0.4, -0.2) is 29.8 Å². The number of carbonyl (C=O) groups is 1. The Hall–Kier alpha value is -0.800. The van der Waals surface area contributed by atoms with Crippen LogP contribution in [0, 0.1) is 11.7 Å². The quantitative estimate of drug-likeness (QED) is 0.762. The average molecular weight is 290 g/mol. The third-order valence-electron chi connectivity index (χ3n) is 3.19. The van der Waals surface area contributed by atoms with Crippen molar-refractivity contribution in [2.45, 2.75) is 12.8 Å². The number of halogens is 3. The fraction of sp³-hybridized carbons (Fsp3) is 0.462. The van der Waals surface area contributed by atoms with Crippen molar-refractivity contribution >= 4 is 29.1 Å². The number of hydrogen-bond acceptors (Lipinski definition) is 1. The number of benzene rings is 1. The predicted molar refractivity (Wildman–Crippen MR) is 70.8 cm³/mol. The van der Waals surface area contributed by atoms with E-state index < -0.39 is 5.82 Å². The van der Waals surface area contributed by atoms with Crippen molar-refractivity contribution in [2.24, 2.45) is 5.92 Å². The lowest BCUT2D eigenvalue weighted by atomic mass is 9.99. The summed E-state index contributed by atoms with van der Waals surface area (Å²) in [6.07, 6.45) is 1.99. The average Bonchev–Trinajstić information content (AvgIpc) is 2.41. The summed E-state index contributed by atoms with van der Waals surface area (Å²) < 4.78 is 13.3. The molecule has 2 nitrogen and oxygen atoms in total. The topological polar surface area (TPSA) is 20.3 Å². The molecule has 5 heteroatoms. The van der Waals surface area contributed by atoms with Crippen LogP contribution in [0.4, 0.5) is 4.39 Å². The molecule has 0 radical (unpaired) electrons. The zero-order valence-corrected chi connectivity index (χ0v) is 11.3. The molecule has 0 aliphatic carbocycles. The van der Waals surface area contributed by atoms with Crippen molar-refractivity contribution in [3.8, 4) is 0 Å². The van der Waals surface area contributed by atoms with Crippen LogP contribution < -0.4 is 0 Å². The number of piperidine rings is 1. The number of alkyl halides is 1. The van der Waals surface area contributed by atoms with Crippen LogP contribution in [0.1, 0.15) is 23.2 Å². The van der Waals surface area contributed by atoms with Gasteiger partial charge in [-0.3, -0.25) is 4.79 Å². The Balaban J connectivity index is 2.12. The molecule has 2 rings (SSSR count). The molecule has 1 fully saturated rings. The largest absolute Gasteiger partial charge is 0.338 e. The third kappa shape index (κ3) is 2.96. The molecule has 0 aromatic heterocycles. The SMILES string of the molecule is O=C(c1ccc(Cl)c(F)c1)N1CCCC(CCl)C1. The maximum absolute atomic E-state index is 13.3. The molecular formula is C13H14Cl2FNO. The normalized spacial score (nSPS) is 19.9. The van der Waals surface area contributed by atoms with E-state index in [0.717, 1.165) is 12.8 Å². The van der Waals surface area contributed by atoms with E-state index in [1.807, 2.05) is 0 Å². The molecule has 98 valence electrons. The molecule has 0 N–H and O–H groups in total. The van der Waals surface area contributed by atoms with E-state index in [-0.39, 0.29) is 10.9 Å². The molecule has 1 aromatic rings. The second-order valence-corrected chi connectivity index (χ2v) is 5.26. The zero-order valence-electron chi connectivity index (χ0n) is 9.83. The lowest BCUT2D eigenvalue weighted by molar-refractivity contribution is 0.0684. The van der Waals surface area contributed by atoms with Gasteiger partial charge in [-0.05, 0) is 37.0 Å². The van der Waals surface area contributed by atoms with Crippen molar-refractivity contribution in [3.63, 3.8) is 0 Å². The lowest BCUT2D eigenvalue weighted by Crippen LogP contribution is -2.40. The van der Waals surface area contributed by atoms with Crippen molar-refractivity contribution in [2.75, 3.05) is 19.0 Å². The lowest BCUT2D eigenvalue weighted by Gasteiger charge is -2.31. The first-order valence-electron chi connectivity index (χ1n) is 5.92. The van der Waals surface area contributed by atoms with E-state index >= 15 is 0 Å². The first-order valence-corrected chi connectivity index (χ1v) is 6.83. The number of likely N-dealkylation sites (tertiary alicyclic amines) is 1. The zero-order chi connectivity index (χ0) is 13.1. The third-order valence-corrected chi connectivity index (χ3v) is 3.93. The summed E-state index contributed by atoms with van der Waals surface area (Å²) in [5.41, 5.74) is 0.340. The Morgan fingerprint density at radius 3 is 2.94 bits per heavy atom. The van der Waals surface area contributed by atoms with Crippen molar-refractivity contribution < 1.29 is 9.18 Å². The number of amides is 1. The molecule has 1 heterocycles. The van der Waals surface area contributed by atoms with Crippen LogP contribution in [0.2, 0.25) is 5.02 Å². The van der Waals surface area contributed by atoms with Gasteiger partial charge in [0.1, 0.15) is 5.82 Å². The van der Waals surface area contributed by atoms with Crippen LogP contribution in [0.15, 0.2) is 18.2 Å². The van der Waals surface area contributed by atoms with E-state index in [4.69, 9.17) is 23.2 Å². The standard InChI is InChI=1S/C13H14Cl2FNO/c14-7-9-2-1-5-17(8-9)13(18)10-3-4-11(15)12(16)6-10/h3-4,6,9H,1-2,5,7-8H2. The first kappa shape index (κ1) is 13.6. The Kier molecular flexibility index (Phi) is 4.46. The van der Waals surface area contributed by atoms with E-state index in [1.54, 1.807) is 11.0 Å². The smallest absolute Gasteiger partial charge is 0.253 e. The van der Waals surface area contributed by atoms with Gasteiger partial charge in [-0.15, -0.1) is 11.6 Å². The van der Waals surface area contributed by atoms with Gasteiger partial charge < -0.3 is 4.90 Å². The Labute approximate surface area is 116 Å². The number of rotatable bonds is 2. The highest BCUT2D eigenvalue weighted by molar-refractivity contribution is 6.30. The van der Waals surface area contributed by atoms with Gasteiger partial charge in [0.15, 0.2) is 0 Å². The fourth-order valence-electron chi connectivity index (χ4n) is 2.19. The van der Waals surface area contributed by atoms with Crippen LogP contribution in [0.5, 0.6) is 0 Å². The van der Waals surface area contributed by atoms with Crippen LogP contribution in [0.3, 0.4) is 0 Å². The summed E-state index contributed by atoms with van der Waals surface area (Å²) in [5, 5.41) is 0.0313. The van der Waals surface area contributed by atoms with Gasteiger partial charge in [-0.25, -0.2) is 4.39 Å². The Bertz CT molecular complexity index is 453. The van der Waals surface area contributed by atoms with Gasteiger partial charge in [-0.1, -0.05) is 11.6 Å². The number of nitrogens with zero attached hydrogens (tertiary/aromatic N) is 1. The molecule has 1 unspecified atom stereocenters. The van der Waals surface area contributed by atoms with Gasteiger partial charge in [0, 0.05) is 24.5 Å². The summed E-state index contributed by atoms with van der Waals surface area (Å²) >= 11 is 11.4. The highest BCUT2D eigenvalue weighted by atomic mass is 35.5. The molecule has 1 aliphatic heterocycles. The molecule has 0 spiro atoms. The van der Waals surface area contributed by atoms with Crippen molar-refractivity contribution in [1.29, 1.82) is 0 Å². The summed E-state index contributed by atoms with van der Waals surface area (Å²) in [5.74, 6) is 0.175. The highest BCUT2D eigenvalue weighted by Crippen LogP contribution is 2.21. The molecule has 0 bridgehead atoms. The maximum atomic E-state index is 13.3. The van der Waals surface area contributed by atoms with Crippen LogP contribution in [0.25, 0.3) is 0 Å². The number of hydrogen-bond donors (Lipinski definition) is 0. The van der Waals surface area contributed by atoms with Gasteiger partial charge in [0.05, 0.1) is 5.02 Å². The Morgan fingerprint density at radius 2 is 2.28 bits per heavy atom. The van der Waals surface area contributed by atoms with E-state index in [2.05, 4.69) is 0 Å². The summed E-state index contributed by atoms with van der Waals surface area (Å²) in [4.78, 5) is 13.9. The monoisotopic (exact) mass is 289 g/mol. The van der Waals surface area contributed by atoms with E-state index in [0.29, 0.717) is 30.5 Å². The minimum absolute atomic E-state index is 0.0313. The highest BCUT2D eigenvalue weighted by Gasteiger charge is 2.24. The minimum Gasteiger partial charge on any atom is -0.338 e. The maximum Gasteiger partial charge on any atom is 0.253 e. The molecule has 0 saturated carbocycles. The Morgan fingerprint density at radius 1 is 1.50 bits per heavy atom. The van der Waals surface area contributed by atoms with Crippen LogP contribution in [-0.2, 0) is 0 Å². The van der Waals surface area contributed by atoms with Crippen molar-refractivity contribution in [1.82, 2.24) is 4.90 Å². The van der Waals surface area contributed by atoms with E-state index in [1.165, 1.54) is 12.1 Å². The van der Waals surface area contributed by atoms with Gasteiger partial charge in [0.2, 0.25) is 0 Å². The molecule has 1 aliphatic rings. The van der Waals surface area contributed by atoms with Gasteiger partial charge in [0.25, 0.3) is 5.91 Å². The first-order chi connectivity index (χ1) is 8.61. The molecule has 1 amide bonds. The van der Waals surface area contributed by atoms with Gasteiger partial charge >= 0.3 is 0 Å². The summed E-state index contributed by atoms with van der Waals surface area (Å²) in [6, 6.07) is 4.15. The van der Waals surface area contributed by atoms with Crippen LogP contribution >= 0.6 is 23.2 Å². The second-order valence-electron chi connectivity index (χ2n) is 4.54. The molecule has 18 heavy (non-hydrogen) atoms. The van der Waals surface area contributed by atoms with Crippen molar-refractivity contribution in [3.05, 3.63) is 34.6 Å². The summed E-state index contributed by atoms with van der Waals surface area (Å²) in [6.45, 7) is 1.35. The number of carbonyl (C=O) groups excluding carboxylic acids is 1. The molecule has 1 aromatic carbocycles. The summed E-state index contributed by atoms with van der Waals surface area (Å²) in [7, 11) is 0. The second kappa shape index (κ2) is 5.89. The molecular weight excluding hydrogens is 276 g/mol. The van der Waals surface area contributed by atoms with E-state index in [9.17, 15) is 9.18 Å².